The molecule has 0 aliphatic rings. The predicted octanol–water partition coefficient (Wildman–Crippen LogP) is 1.94. The molecular weight excluding hydrogens is 242 g/mol. The van der Waals surface area contributed by atoms with Crippen molar-refractivity contribution in [1.29, 1.82) is 0 Å². The Kier molecular flexibility index (Phi) is 6.09. The van der Waals surface area contributed by atoms with Gasteiger partial charge in [-0.25, -0.2) is 4.79 Å². The van der Waals surface area contributed by atoms with Crippen LogP contribution >= 0.6 is 0 Å². The van der Waals surface area contributed by atoms with Crippen molar-refractivity contribution in [2.75, 3.05) is 13.7 Å². The van der Waals surface area contributed by atoms with Gasteiger partial charge < -0.3 is 10.1 Å². The summed E-state index contributed by atoms with van der Waals surface area (Å²) in [5.41, 5.74) is 0.875. The number of rotatable bonds is 6. The Morgan fingerprint density at radius 3 is 2.53 bits per heavy atom. The third-order valence-corrected chi connectivity index (χ3v) is 2.35. The number of esters is 1. The third-order valence-electron chi connectivity index (χ3n) is 2.35. The second kappa shape index (κ2) is 7.87. The summed E-state index contributed by atoms with van der Waals surface area (Å²) in [4.78, 5) is 23.4. The lowest BCUT2D eigenvalue weighted by atomic mass is 10.1. The molecular formula is C15H17NO3. The lowest BCUT2D eigenvalue weighted by molar-refractivity contribution is -0.137. The normalized spacial score (nSPS) is 11.4. The van der Waals surface area contributed by atoms with Gasteiger partial charge in [-0.2, -0.15) is 0 Å². The minimum absolute atomic E-state index is 0.0171. The van der Waals surface area contributed by atoms with E-state index in [1.165, 1.54) is 19.4 Å². The fourth-order valence-corrected chi connectivity index (χ4v) is 1.37. The molecule has 100 valence electrons. The second-order valence-corrected chi connectivity index (χ2v) is 3.72. The topological polar surface area (TPSA) is 55.4 Å². The summed E-state index contributed by atoms with van der Waals surface area (Å²) in [7, 11) is 1.25. The van der Waals surface area contributed by atoms with Crippen molar-refractivity contribution >= 4 is 17.8 Å². The molecule has 1 rings (SSSR count). The summed E-state index contributed by atoms with van der Waals surface area (Å²) in [6.07, 6.45) is 4.39. The third kappa shape index (κ3) is 4.79. The second-order valence-electron chi connectivity index (χ2n) is 3.72. The molecule has 0 aliphatic carbocycles. The maximum absolute atomic E-state index is 11.9. The average Bonchev–Trinajstić information content (AvgIpc) is 2.46. The van der Waals surface area contributed by atoms with Gasteiger partial charge in [0.05, 0.1) is 7.11 Å². The van der Waals surface area contributed by atoms with Crippen molar-refractivity contribution in [1.82, 2.24) is 5.32 Å². The van der Waals surface area contributed by atoms with Crippen molar-refractivity contribution < 1.29 is 14.3 Å². The molecule has 0 atom stereocenters. The first kappa shape index (κ1) is 14.7. The summed E-state index contributed by atoms with van der Waals surface area (Å²) in [5.74, 6) is -1.04. The van der Waals surface area contributed by atoms with E-state index in [0.717, 1.165) is 5.56 Å². The molecule has 4 heteroatoms. The Bertz CT molecular complexity index is 489. The number of carbonyl (C=O) groups excluding carboxylic acids is 2. The first-order valence-electron chi connectivity index (χ1n) is 5.98. The van der Waals surface area contributed by atoms with Gasteiger partial charge in [-0.05, 0) is 18.6 Å². The van der Waals surface area contributed by atoms with E-state index in [-0.39, 0.29) is 5.57 Å². The van der Waals surface area contributed by atoms with Gasteiger partial charge in [-0.15, -0.1) is 0 Å². The summed E-state index contributed by atoms with van der Waals surface area (Å²) < 4.78 is 4.58. The summed E-state index contributed by atoms with van der Waals surface area (Å²) in [5, 5.41) is 2.83. The molecule has 4 nitrogen and oxygen atoms in total. The molecule has 0 bridgehead atoms. The number of nitrogens with one attached hydrogen (secondary N) is 1. The van der Waals surface area contributed by atoms with Crippen LogP contribution in [0.4, 0.5) is 0 Å². The maximum Gasteiger partial charge on any atom is 0.343 e. The van der Waals surface area contributed by atoms with Crippen molar-refractivity contribution in [2.45, 2.75) is 6.92 Å². The smallest absolute Gasteiger partial charge is 0.343 e. The number of carbonyl (C=O) groups is 2. The van der Waals surface area contributed by atoms with E-state index in [1.54, 1.807) is 6.08 Å². The predicted molar refractivity (Wildman–Crippen MR) is 74.3 cm³/mol. The summed E-state index contributed by atoms with van der Waals surface area (Å²) in [6, 6.07) is 9.38. The molecule has 19 heavy (non-hydrogen) atoms. The van der Waals surface area contributed by atoms with Crippen molar-refractivity contribution in [2.24, 2.45) is 0 Å². The molecule has 0 amide bonds. The summed E-state index contributed by atoms with van der Waals surface area (Å²) >= 11 is 0. The van der Waals surface area contributed by atoms with Crippen LogP contribution in [0.15, 0.2) is 48.2 Å². The first-order valence-corrected chi connectivity index (χ1v) is 5.98. The zero-order valence-corrected chi connectivity index (χ0v) is 11.1. The maximum atomic E-state index is 11.9. The molecule has 0 aromatic heterocycles. The van der Waals surface area contributed by atoms with Crippen LogP contribution in [0.5, 0.6) is 0 Å². The molecule has 1 N–H and O–H groups in total. The Labute approximate surface area is 112 Å². The Hall–Kier alpha value is -2.36. The molecule has 0 unspecified atom stereocenters. The first-order chi connectivity index (χ1) is 9.19. The molecule has 0 heterocycles. The fourth-order valence-electron chi connectivity index (χ4n) is 1.37. The highest BCUT2D eigenvalue weighted by atomic mass is 16.5. The van der Waals surface area contributed by atoms with E-state index < -0.39 is 11.8 Å². The number of hydrogen-bond donors (Lipinski definition) is 1. The van der Waals surface area contributed by atoms with Gasteiger partial charge in [0, 0.05) is 12.7 Å². The Morgan fingerprint density at radius 2 is 1.95 bits per heavy atom. The lowest BCUT2D eigenvalue weighted by Crippen LogP contribution is -2.17. The summed E-state index contributed by atoms with van der Waals surface area (Å²) in [6.45, 7) is 2.49. The molecule has 0 radical (unpaired) electrons. The molecule has 0 saturated heterocycles. The van der Waals surface area contributed by atoms with Crippen LogP contribution in [0.25, 0.3) is 6.08 Å². The quantitative estimate of drug-likeness (QED) is 0.367. The standard InChI is InChI=1S/C15H17NO3/c1-3-16-11-13(15(18)19-2)14(17)10-9-12-7-5-4-6-8-12/h4-11,16H,3H2,1-2H3/b10-9+,13-11-. The highest BCUT2D eigenvalue weighted by Crippen LogP contribution is 2.05. The van der Waals surface area contributed by atoms with Gasteiger partial charge >= 0.3 is 5.97 Å². The minimum Gasteiger partial charge on any atom is -0.465 e. The number of benzene rings is 1. The van der Waals surface area contributed by atoms with Crippen molar-refractivity contribution in [3.05, 3.63) is 53.7 Å². The zero-order chi connectivity index (χ0) is 14.1. The van der Waals surface area contributed by atoms with Crippen LogP contribution in [0.2, 0.25) is 0 Å². The SMILES string of the molecule is CCN/C=C(/C(=O)/C=C/c1ccccc1)C(=O)OC. The molecule has 1 aromatic carbocycles. The monoisotopic (exact) mass is 259 g/mol. The van der Waals surface area contributed by atoms with Gasteiger partial charge in [-0.3, -0.25) is 4.79 Å². The van der Waals surface area contributed by atoms with Crippen LogP contribution in [0.1, 0.15) is 12.5 Å². The van der Waals surface area contributed by atoms with Gasteiger partial charge in [-0.1, -0.05) is 36.4 Å². The largest absolute Gasteiger partial charge is 0.465 e. The Morgan fingerprint density at radius 1 is 1.26 bits per heavy atom. The zero-order valence-electron chi connectivity index (χ0n) is 11.1. The van der Waals surface area contributed by atoms with Crippen molar-refractivity contribution in [3.8, 4) is 0 Å². The molecule has 0 saturated carbocycles. The molecule has 0 aliphatic heterocycles. The van der Waals surface area contributed by atoms with Gasteiger partial charge in [0.25, 0.3) is 0 Å². The van der Waals surface area contributed by atoms with Gasteiger partial charge in [0.2, 0.25) is 0 Å². The van der Waals surface area contributed by atoms with E-state index in [9.17, 15) is 9.59 Å². The Balaban J connectivity index is 2.83. The van der Waals surface area contributed by atoms with E-state index in [2.05, 4.69) is 10.1 Å². The minimum atomic E-state index is -0.649. The average molecular weight is 259 g/mol. The number of ketones is 1. The van der Waals surface area contributed by atoms with Gasteiger partial charge in [0.1, 0.15) is 5.57 Å². The molecule has 0 fully saturated rings. The number of allylic oxidation sites excluding steroid dienone is 1. The highest BCUT2D eigenvalue weighted by Gasteiger charge is 2.16. The van der Waals surface area contributed by atoms with E-state index >= 15 is 0 Å². The highest BCUT2D eigenvalue weighted by molar-refractivity contribution is 6.22. The molecule has 1 aromatic rings. The lowest BCUT2D eigenvalue weighted by Gasteiger charge is -2.02. The fraction of sp³-hybridized carbons (Fsp3) is 0.200. The van der Waals surface area contributed by atoms with E-state index in [1.807, 2.05) is 37.3 Å². The van der Waals surface area contributed by atoms with Crippen LogP contribution in [0.3, 0.4) is 0 Å². The van der Waals surface area contributed by atoms with Crippen LogP contribution in [-0.4, -0.2) is 25.4 Å². The van der Waals surface area contributed by atoms with Crippen LogP contribution in [-0.2, 0) is 14.3 Å². The van der Waals surface area contributed by atoms with E-state index in [4.69, 9.17) is 0 Å². The van der Waals surface area contributed by atoms with Crippen LogP contribution < -0.4 is 5.32 Å². The molecule has 0 spiro atoms. The van der Waals surface area contributed by atoms with E-state index in [0.29, 0.717) is 6.54 Å². The number of methoxy groups -OCH3 is 1. The van der Waals surface area contributed by atoms with Crippen LogP contribution in [0, 0.1) is 0 Å². The number of ether oxygens (including phenoxy) is 1. The van der Waals surface area contributed by atoms with Crippen molar-refractivity contribution in [3.63, 3.8) is 0 Å². The van der Waals surface area contributed by atoms with Gasteiger partial charge in [0.15, 0.2) is 5.78 Å². The number of hydrogen-bond acceptors (Lipinski definition) is 4.